The van der Waals surface area contributed by atoms with Crippen LogP contribution in [-0.2, 0) is 22.7 Å². The van der Waals surface area contributed by atoms with Crippen molar-refractivity contribution in [1.82, 2.24) is 0 Å². The number of unbranched alkanes of at least 4 members (excludes halogenated alkanes) is 8. The number of ketones is 1. The molecule has 61 heavy (non-hydrogen) atoms. The molecular weight excluding hydrogens is 769 g/mol. The quantitative estimate of drug-likeness (QED) is 0.0362. The lowest BCUT2D eigenvalue weighted by atomic mass is 9.78. The number of hydrogen-bond acceptors (Lipinski definition) is 9. The summed E-state index contributed by atoms with van der Waals surface area (Å²) in [5, 5.41) is 0. The van der Waals surface area contributed by atoms with Crippen LogP contribution in [-0.4, -0.2) is 39.2 Å². The summed E-state index contributed by atoms with van der Waals surface area (Å²) in [5.41, 5.74) is 4.40. The van der Waals surface area contributed by atoms with Crippen molar-refractivity contribution < 1.29 is 42.7 Å². The molecule has 1 aliphatic rings. The second kappa shape index (κ2) is 22.6. The van der Waals surface area contributed by atoms with Gasteiger partial charge in [0.05, 0.1) is 27.2 Å². The normalized spacial score (nSPS) is 15.5. The van der Waals surface area contributed by atoms with Gasteiger partial charge in [-0.25, -0.2) is 0 Å². The molecule has 322 valence electrons. The molecule has 0 unspecified atom stereocenters. The Balaban J connectivity index is 1.39. The van der Waals surface area contributed by atoms with Crippen molar-refractivity contribution in [3.8, 4) is 34.5 Å². The summed E-state index contributed by atoms with van der Waals surface area (Å²) in [7, 11) is 4.64. The van der Waals surface area contributed by atoms with Gasteiger partial charge in [-0.1, -0.05) is 137 Å². The van der Waals surface area contributed by atoms with Crippen LogP contribution in [0.2, 0.25) is 0 Å². The molecule has 5 aromatic rings. The molecule has 5 aromatic carbocycles. The molecule has 0 radical (unpaired) electrons. The Bertz CT molecular complexity index is 2150. The molecule has 1 heterocycles. The minimum Gasteiger partial charge on any atom is -0.496 e. The highest BCUT2D eigenvalue weighted by Gasteiger charge is 2.46. The van der Waals surface area contributed by atoms with E-state index in [1.54, 1.807) is 20.3 Å². The van der Waals surface area contributed by atoms with Crippen molar-refractivity contribution in [1.29, 1.82) is 0 Å². The maximum absolute atomic E-state index is 14.3. The molecule has 0 bridgehead atoms. The lowest BCUT2D eigenvalue weighted by Crippen LogP contribution is -2.38. The van der Waals surface area contributed by atoms with Gasteiger partial charge in [0, 0.05) is 36.6 Å². The van der Waals surface area contributed by atoms with E-state index in [4.69, 9.17) is 33.2 Å². The van der Waals surface area contributed by atoms with Crippen LogP contribution >= 0.6 is 0 Å². The summed E-state index contributed by atoms with van der Waals surface area (Å²) >= 11 is 0. The fourth-order valence-electron chi connectivity index (χ4n) is 8.10. The summed E-state index contributed by atoms with van der Waals surface area (Å²) < 4.78 is 43.7. The average Bonchev–Trinajstić information content (AvgIpc) is 3.29. The van der Waals surface area contributed by atoms with Crippen LogP contribution < -0.4 is 28.4 Å². The first kappa shape index (κ1) is 44.6. The number of methoxy groups -OCH3 is 3. The zero-order chi connectivity index (χ0) is 43.0. The van der Waals surface area contributed by atoms with E-state index in [1.165, 1.54) is 52.6 Å². The molecule has 0 aromatic heterocycles. The van der Waals surface area contributed by atoms with Gasteiger partial charge < -0.3 is 33.2 Å². The van der Waals surface area contributed by atoms with Gasteiger partial charge in [0.1, 0.15) is 53.3 Å². The van der Waals surface area contributed by atoms with Crippen molar-refractivity contribution in [2.45, 2.75) is 109 Å². The zero-order valence-corrected chi connectivity index (χ0v) is 36.3. The van der Waals surface area contributed by atoms with E-state index >= 15 is 0 Å². The summed E-state index contributed by atoms with van der Waals surface area (Å²) in [5.74, 6) is 1.56. The van der Waals surface area contributed by atoms with Crippen molar-refractivity contribution >= 4 is 11.8 Å². The van der Waals surface area contributed by atoms with Gasteiger partial charge in [0.25, 0.3) is 0 Å². The van der Waals surface area contributed by atoms with Gasteiger partial charge >= 0.3 is 5.97 Å². The van der Waals surface area contributed by atoms with Crippen molar-refractivity contribution in [3.63, 3.8) is 0 Å². The van der Waals surface area contributed by atoms with Crippen LogP contribution in [0.5, 0.6) is 34.5 Å². The first-order chi connectivity index (χ1) is 29.8. The Labute approximate surface area is 361 Å². The van der Waals surface area contributed by atoms with Crippen LogP contribution in [0.25, 0.3) is 0 Å². The fraction of sp³-hybridized carbons (Fsp3) is 0.385. The molecule has 1 aliphatic heterocycles. The van der Waals surface area contributed by atoms with Gasteiger partial charge in [-0.2, -0.15) is 0 Å². The second-order valence-corrected chi connectivity index (χ2v) is 15.5. The van der Waals surface area contributed by atoms with E-state index < -0.39 is 24.1 Å². The summed E-state index contributed by atoms with van der Waals surface area (Å²) in [6, 6.07) is 34.9. The molecule has 9 heteroatoms. The van der Waals surface area contributed by atoms with Crippen LogP contribution in [0.1, 0.15) is 128 Å². The van der Waals surface area contributed by atoms with E-state index in [0.717, 1.165) is 36.0 Å². The van der Waals surface area contributed by atoms with E-state index in [2.05, 4.69) is 6.92 Å². The number of hydrogen-bond donors (Lipinski definition) is 0. The van der Waals surface area contributed by atoms with Crippen molar-refractivity contribution in [3.05, 3.63) is 143 Å². The molecular formula is C52H60O9. The summed E-state index contributed by atoms with van der Waals surface area (Å²) in [6.45, 7) is 4.38. The zero-order valence-electron chi connectivity index (χ0n) is 36.3. The van der Waals surface area contributed by atoms with Gasteiger partial charge in [0.2, 0.25) is 0 Å². The Hall–Kier alpha value is -5.96. The molecule has 0 fully saturated rings. The molecule has 0 saturated carbocycles. The van der Waals surface area contributed by atoms with E-state index in [1.807, 2.05) is 103 Å². The van der Waals surface area contributed by atoms with Crippen LogP contribution in [0.3, 0.4) is 0 Å². The number of benzene rings is 5. The minimum absolute atomic E-state index is 0.0934. The third-order valence-electron chi connectivity index (χ3n) is 11.2. The van der Waals surface area contributed by atoms with Crippen molar-refractivity contribution in [2.75, 3.05) is 21.3 Å². The maximum Gasteiger partial charge on any atom is 0.303 e. The lowest BCUT2D eigenvalue weighted by Gasteiger charge is -2.40. The van der Waals surface area contributed by atoms with E-state index in [-0.39, 0.29) is 5.78 Å². The highest BCUT2D eigenvalue weighted by Crippen LogP contribution is 2.54. The van der Waals surface area contributed by atoms with Gasteiger partial charge in [-0.15, -0.1) is 0 Å². The van der Waals surface area contributed by atoms with Gasteiger partial charge in [0.15, 0.2) is 18.0 Å². The summed E-state index contributed by atoms with van der Waals surface area (Å²) in [6.07, 6.45) is 8.85. The molecule has 0 N–H and O–H groups in total. The molecule has 0 amide bonds. The van der Waals surface area contributed by atoms with Crippen LogP contribution in [0.15, 0.2) is 109 Å². The number of carbonyl (C=O) groups is 2. The number of Topliss-reactive ketones (excluding diaryl/α,β-unsaturated/α-hetero) is 1. The third kappa shape index (κ3) is 11.7. The van der Waals surface area contributed by atoms with Gasteiger partial charge in [-0.05, 0) is 41.3 Å². The SMILES string of the molecule is CCCCCCCCCCCC(=O)c1c(OC)cc(OC)c([C@@H]2c3ccc(OCc4ccccc4)cc3O[C@H](c3ccc(OCc4ccccc4)cc3)[C@H]2OC(C)=O)c1OC. The smallest absolute Gasteiger partial charge is 0.303 e. The molecule has 0 aliphatic carbocycles. The Kier molecular flexibility index (Phi) is 16.5. The van der Waals surface area contributed by atoms with Crippen LogP contribution in [0, 0.1) is 0 Å². The maximum atomic E-state index is 14.3. The predicted molar refractivity (Wildman–Crippen MR) is 237 cm³/mol. The van der Waals surface area contributed by atoms with Crippen LogP contribution in [0.4, 0.5) is 0 Å². The Morgan fingerprint density at radius 1 is 0.623 bits per heavy atom. The minimum atomic E-state index is -0.923. The monoisotopic (exact) mass is 828 g/mol. The molecule has 6 rings (SSSR count). The number of esters is 1. The first-order valence-electron chi connectivity index (χ1n) is 21.6. The van der Waals surface area contributed by atoms with E-state index in [0.29, 0.717) is 70.8 Å². The Morgan fingerprint density at radius 3 is 1.77 bits per heavy atom. The number of fused-ring (bicyclic) bond motifs is 1. The molecule has 3 atom stereocenters. The molecule has 0 saturated heterocycles. The molecule has 0 spiro atoms. The number of ether oxygens (including phenoxy) is 7. The topological polar surface area (TPSA) is 98.8 Å². The first-order valence-corrected chi connectivity index (χ1v) is 21.6. The molecule has 9 nitrogen and oxygen atoms in total. The predicted octanol–water partition coefficient (Wildman–Crippen LogP) is 12.2. The number of rotatable bonds is 23. The highest BCUT2D eigenvalue weighted by molar-refractivity contribution is 6.02. The fourth-order valence-corrected chi connectivity index (χ4v) is 8.10. The number of carbonyl (C=O) groups excluding carboxylic acids is 2. The van der Waals surface area contributed by atoms with E-state index in [9.17, 15) is 9.59 Å². The lowest BCUT2D eigenvalue weighted by molar-refractivity contribution is -0.153. The summed E-state index contributed by atoms with van der Waals surface area (Å²) in [4.78, 5) is 27.4. The largest absolute Gasteiger partial charge is 0.496 e. The second-order valence-electron chi connectivity index (χ2n) is 15.5. The van der Waals surface area contributed by atoms with Crippen molar-refractivity contribution in [2.24, 2.45) is 0 Å². The average molecular weight is 829 g/mol. The Morgan fingerprint density at radius 2 is 1.20 bits per heavy atom. The highest BCUT2D eigenvalue weighted by atomic mass is 16.6. The standard InChI is InChI=1S/C52H60O9/c1-6-7-8-9-10-11-12-13-20-25-43(54)48-45(55-3)33-46(56-4)49(51(48)57-5)47-42-31-30-41(59-35-38-23-18-15-19-24-38)32-44(42)61-50(52(47)60-36(2)53)39-26-28-40(29-27-39)58-34-37-21-16-14-17-22-37/h14-19,21-24,26-33,47,50,52H,6-13,20,25,34-35H2,1-5H3/t47-,50+,52-/m0/s1. The third-order valence-corrected chi connectivity index (χ3v) is 11.2. The van der Waals surface area contributed by atoms with Gasteiger partial charge in [-0.3, -0.25) is 9.59 Å².